The highest BCUT2D eigenvalue weighted by Gasteiger charge is 2.04. The van der Waals surface area contributed by atoms with Crippen LogP contribution in [0.1, 0.15) is 5.56 Å². The number of aliphatic hydroxyl groups excluding tert-OH is 1. The molecule has 0 aliphatic heterocycles. The molecule has 1 rings (SSSR count). The SMILES string of the molecule is OCCN(Cc1ccccc1)SCCl. The summed E-state index contributed by atoms with van der Waals surface area (Å²) in [5.41, 5.74) is 1.23. The van der Waals surface area contributed by atoms with Gasteiger partial charge in [0.15, 0.2) is 0 Å². The van der Waals surface area contributed by atoms with E-state index in [4.69, 9.17) is 16.7 Å². The van der Waals surface area contributed by atoms with Gasteiger partial charge in [0.2, 0.25) is 0 Å². The topological polar surface area (TPSA) is 23.5 Å². The molecule has 0 unspecified atom stereocenters. The van der Waals surface area contributed by atoms with Crippen LogP contribution in [0.5, 0.6) is 0 Å². The molecule has 0 aliphatic rings. The molecule has 0 aliphatic carbocycles. The van der Waals surface area contributed by atoms with E-state index in [0.717, 1.165) is 6.54 Å². The molecule has 0 saturated carbocycles. The number of aliphatic hydroxyl groups is 1. The minimum Gasteiger partial charge on any atom is -0.395 e. The summed E-state index contributed by atoms with van der Waals surface area (Å²) in [7, 11) is 0. The maximum atomic E-state index is 8.84. The molecular formula is C10H14ClNOS. The summed E-state index contributed by atoms with van der Waals surface area (Å²) in [6, 6.07) is 10.2. The van der Waals surface area contributed by atoms with Crippen LogP contribution in [-0.4, -0.2) is 27.8 Å². The first-order valence-corrected chi connectivity index (χ1v) is 5.93. The summed E-state index contributed by atoms with van der Waals surface area (Å²) in [4.78, 5) is 0. The molecule has 0 saturated heterocycles. The number of rotatable bonds is 6. The fourth-order valence-corrected chi connectivity index (χ4v) is 2.16. The minimum absolute atomic E-state index is 0.163. The van der Waals surface area contributed by atoms with Crippen molar-refractivity contribution in [2.45, 2.75) is 6.54 Å². The zero-order valence-corrected chi connectivity index (χ0v) is 9.47. The van der Waals surface area contributed by atoms with Gasteiger partial charge in [0.05, 0.1) is 11.8 Å². The van der Waals surface area contributed by atoms with Crippen molar-refractivity contribution in [1.29, 1.82) is 0 Å². The Morgan fingerprint density at radius 1 is 1.29 bits per heavy atom. The summed E-state index contributed by atoms with van der Waals surface area (Å²) < 4.78 is 2.06. The monoisotopic (exact) mass is 231 g/mol. The average Bonchev–Trinajstić information content (AvgIpc) is 2.20. The third-order valence-corrected chi connectivity index (χ3v) is 2.85. The predicted octanol–water partition coefficient (Wildman–Crippen LogP) is 2.33. The Bertz CT molecular complexity index is 239. The highest BCUT2D eigenvalue weighted by atomic mass is 35.5. The van der Waals surface area contributed by atoms with Gasteiger partial charge in [-0.05, 0) is 5.56 Å². The van der Waals surface area contributed by atoms with E-state index in [1.807, 2.05) is 18.2 Å². The standard InChI is InChI=1S/C10H14ClNOS/c11-9-14-12(6-7-13)8-10-4-2-1-3-5-10/h1-5,13H,6-9H2. The van der Waals surface area contributed by atoms with Gasteiger partial charge >= 0.3 is 0 Å². The van der Waals surface area contributed by atoms with Crippen molar-refractivity contribution in [2.75, 3.05) is 18.4 Å². The van der Waals surface area contributed by atoms with E-state index in [0.29, 0.717) is 11.8 Å². The van der Waals surface area contributed by atoms with Crippen LogP contribution in [-0.2, 0) is 6.54 Å². The molecule has 0 heterocycles. The average molecular weight is 232 g/mol. The second-order valence-electron chi connectivity index (χ2n) is 2.81. The molecule has 0 radical (unpaired) electrons. The van der Waals surface area contributed by atoms with Crippen molar-refractivity contribution >= 4 is 23.5 Å². The third kappa shape index (κ3) is 4.33. The molecule has 0 spiro atoms. The normalized spacial score (nSPS) is 10.8. The number of benzene rings is 1. The first kappa shape index (κ1) is 11.9. The molecule has 78 valence electrons. The lowest BCUT2D eigenvalue weighted by Gasteiger charge is -2.18. The molecule has 4 heteroatoms. The van der Waals surface area contributed by atoms with Crippen LogP contribution in [0.4, 0.5) is 0 Å². The molecule has 1 N–H and O–H groups in total. The molecule has 0 aromatic heterocycles. The van der Waals surface area contributed by atoms with E-state index >= 15 is 0 Å². The molecule has 0 atom stereocenters. The Hall–Kier alpha value is -0.220. The lowest BCUT2D eigenvalue weighted by Crippen LogP contribution is -2.19. The fraction of sp³-hybridized carbons (Fsp3) is 0.400. The number of alkyl halides is 1. The molecule has 1 aromatic rings. The Morgan fingerprint density at radius 2 is 2.00 bits per heavy atom. The first-order valence-electron chi connectivity index (χ1n) is 4.45. The largest absolute Gasteiger partial charge is 0.395 e. The molecular weight excluding hydrogens is 218 g/mol. The molecule has 2 nitrogen and oxygen atoms in total. The Kier molecular flexibility index (Phi) is 6.03. The molecule has 14 heavy (non-hydrogen) atoms. The van der Waals surface area contributed by atoms with E-state index in [1.165, 1.54) is 17.5 Å². The Morgan fingerprint density at radius 3 is 2.57 bits per heavy atom. The second kappa shape index (κ2) is 7.12. The number of hydrogen-bond donors (Lipinski definition) is 1. The summed E-state index contributed by atoms with van der Waals surface area (Å²) >= 11 is 7.17. The minimum atomic E-state index is 0.163. The summed E-state index contributed by atoms with van der Waals surface area (Å²) in [6.07, 6.45) is 0. The van der Waals surface area contributed by atoms with Crippen molar-refractivity contribution in [1.82, 2.24) is 4.31 Å². The summed E-state index contributed by atoms with van der Waals surface area (Å²) in [6.45, 7) is 1.63. The summed E-state index contributed by atoms with van der Waals surface area (Å²) in [5, 5.41) is 9.36. The van der Waals surface area contributed by atoms with Gasteiger partial charge in [0.1, 0.15) is 0 Å². The second-order valence-corrected chi connectivity index (χ2v) is 4.46. The maximum absolute atomic E-state index is 8.84. The van der Waals surface area contributed by atoms with E-state index in [2.05, 4.69) is 16.4 Å². The van der Waals surface area contributed by atoms with Crippen molar-refractivity contribution in [3.05, 3.63) is 35.9 Å². The highest BCUT2D eigenvalue weighted by Crippen LogP contribution is 2.15. The first-order chi connectivity index (χ1) is 6.86. The van der Waals surface area contributed by atoms with Gasteiger partial charge in [0.25, 0.3) is 0 Å². The summed E-state index contributed by atoms with van der Waals surface area (Å²) in [5.74, 6) is 0. The lowest BCUT2D eigenvalue weighted by atomic mass is 10.2. The highest BCUT2D eigenvalue weighted by molar-refractivity contribution is 7.98. The van der Waals surface area contributed by atoms with Gasteiger partial charge in [-0.3, -0.25) is 0 Å². The van der Waals surface area contributed by atoms with Gasteiger partial charge in [-0.15, -0.1) is 11.6 Å². The predicted molar refractivity (Wildman–Crippen MR) is 62.2 cm³/mol. The van der Waals surface area contributed by atoms with Gasteiger partial charge < -0.3 is 5.11 Å². The van der Waals surface area contributed by atoms with Crippen LogP contribution in [0.25, 0.3) is 0 Å². The fourth-order valence-electron chi connectivity index (χ4n) is 1.16. The van der Waals surface area contributed by atoms with Crippen LogP contribution >= 0.6 is 23.5 Å². The van der Waals surface area contributed by atoms with E-state index < -0.39 is 0 Å². The van der Waals surface area contributed by atoms with E-state index in [9.17, 15) is 0 Å². The van der Waals surface area contributed by atoms with Crippen LogP contribution < -0.4 is 0 Å². The zero-order chi connectivity index (χ0) is 10.2. The smallest absolute Gasteiger partial charge is 0.0827 e. The lowest BCUT2D eigenvalue weighted by molar-refractivity contribution is 0.260. The van der Waals surface area contributed by atoms with Gasteiger partial charge in [0, 0.05) is 13.1 Å². The molecule has 1 aromatic carbocycles. The van der Waals surface area contributed by atoms with Crippen LogP contribution in [0, 0.1) is 0 Å². The van der Waals surface area contributed by atoms with Crippen LogP contribution in [0.3, 0.4) is 0 Å². The van der Waals surface area contributed by atoms with Gasteiger partial charge in [-0.1, -0.05) is 42.3 Å². The molecule has 0 bridgehead atoms. The Labute approximate surface area is 94.0 Å². The maximum Gasteiger partial charge on any atom is 0.0827 e. The van der Waals surface area contributed by atoms with E-state index in [1.54, 1.807) is 0 Å². The van der Waals surface area contributed by atoms with Gasteiger partial charge in [-0.25, -0.2) is 4.31 Å². The number of halogens is 1. The zero-order valence-electron chi connectivity index (χ0n) is 7.90. The van der Waals surface area contributed by atoms with E-state index in [-0.39, 0.29) is 6.61 Å². The molecule has 0 amide bonds. The van der Waals surface area contributed by atoms with Crippen molar-refractivity contribution in [2.24, 2.45) is 0 Å². The van der Waals surface area contributed by atoms with Crippen molar-refractivity contribution in [3.63, 3.8) is 0 Å². The van der Waals surface area contributed by atoms with Crippen molar-refractivity contribution < 1.29 is 5.11 Å². The third-order valence-electron chi connectivity index (χ3n) is 1.78. The number of hydrogen-bond acceptors (Lipinski definition) is 3. The van der Waals surface area contributed by atoms with Gasteiger partial charge in [-0.2, -0.15) is 0 Å². The number of nitrogens with zero attached hydrogens (tertiary/aromatic N) is 1. The Balaban J connectivity index is 2.46. The van der Waals surface area contributed by atoms with Crippen molar-refractivity contribution in [3.8, 4) is 0 Å². The van der Waals surface area contributed by atoms with Crippen LogP contribution in [0.15, 0.2) is 30.3 Å². The molecule has 0 fully saturated rings. The quantitative estimate of drug-likeness (QED) is 0.601. The van der Waals surface area contributed by atoms with Crippen LogP contribution in [0.2, 0.25) is 0 Å².